The van der Waals surface area contributed by atoms with Gasteiger partial charge in [-0.25, -0.2) is 9.59 Å². The van der Waals surface area contributed by atoms with Crippen LogP contribution in [-0.4, -0.2) is 43.3 Å². The zero-order valence-electron chi connectivity index (χ0n) is 15.0. The lowest BCUT2D eigenvalue weighted by atomic mass is 10.0. The fraction of sp³-hybridized carbons (Fsp3) is 0.235. The topological polar surface area (TPSA) is 139 Å². The summed E-state index contributed by atoms with van der Waals surface area (Å²) in [5, 5.41) is 24.4. The van der Waals surface area contributed by atoms with Gasteiger partial charge >= 0.3 is 12.1 Å². The molecule has 0 aliphatic heterocycles. The fourth-order valence-corrected chi connectivity index (χ4v) is 2.84. The first-order valence-electron chi connectivity index (χ1n) is 8.15. The molecule has 4 N–H and O–H groups in total. The molecule has 27 heavy (non-hydrogen) atoms. The summed E-state index contributed by atoms with van der Waals surface area (Å²) in [6.07, 6.45) is 2.27. The molecule has 140 valence electrons. The molecule has 1 aromatic carbocycles. The monoisotopic (exact) mass is 369 g/mol. The summed E-state index contributed by atoms with van der Waals surface area (Å²) in [7, 11) is 1.79. The van der Waals surface area contributed by atoms with Crippen molar-refractivity contribution < 1.29 is 14.7 Å². The van der Waals surface area contributed by atoms with Gasteiger partial charge in [-0.15, -0.1) is 10.2 Å². The normalized spacial score (nSPS) is 11.0. The molecule has 2 aromatic heterocycles. The lowest BCUT2D eigenvalue weighted by Crippen LogP contribution is -2.41. The van der Waals surface area contributed by atoms with Gasteiger partial charge < -0.3 is 10.8 Å². The molecule has 3 rings (SSSR count). The largest absolute Gasteiger partial charge is 0.465 e. The molecule has 2 heterocycles. The van der Waals surface area contributed by atoms with Crippen LogP contribution in [0.3, 0.4) is 0 Å². The second-order valence-corrected chi connectivity index (χ2v) is 6.30. The molecule has 0 saturated carbocycles. The van der Waals surface area contributed by atoms with E-state index in [1.807, 2.05) is 12.3 Å². The van der Waals surface area contributed by atoms with Crippen LogP contribution in [0.15, 0.2) is 30.6 Å². The molecular weight excluding hydrogens is 350 g/mol. The number of nitrogens with zero attached hydrogens (tertiary/aromatic N) is 5. The van der Waals surface area contributed by atoms with E-state index in [4.69, 9.17) is 10.8 Å². The van der Waals surface area contributed by atoms with E-state index in [1.54, 1.807) is 43.9 Å². The minimum atomic E-state index is -1.22. The molecule has 3 amide bonds. The second-order valence-electron chi connectivity index (χ2n) is 6.30. The minimum Gasteiger partial charge on any atom is -0.465 e. The summed E-state index contributed by atoms with van der Waals surface area (Å²) in [5.74, 6) is 0.287. The van der Waals surface area contributed by atoms with Gasteiger partial charge in [-0.2, -0.15) is 5.10 Å². The third kappa shape index (κ3) is 3.64. The van der Waals surface area contributed by atoms with E-state index in [2.05, 4.69) is 20.6 Å². The van der Waals surface area contributed by atoms with Crippen LogP contribution < -0.4 is 16.0 Å². The molecule has 10 heteroatoms. The minimum absolute atomic E-state index is 0.215. The molecule has 0 atom stereocenters. The molecule has 10 nitrogen and oxygen atoms in total. The van der Waals surface area contributed by atoms with Crippen LogP contribution in [0.4, 0.5) is 21.1 Å². The van der Waals surface area contributed by atoms with Crippen molar-refractivity contribution >= 4 is 34.5 Å². The Balaban J connectivity index is 2.21. The van der Waals surface area contributed by atoms with Gasteiger partial charge in [0.25, 0.3) is 0 Å². The Bertz CT molecular complexity index is 1030. The van der Waals surface area contributed by atoms with Gasteiger partial charge in [0, 0.05) is 30.2 Å². The van der Waals surface area contributed by atoms with Crippen molar-refractivity contribution in [2.75, 3.05) is 10.2 Å². The molecule has 0 bridgehead atoms. The maximum Gasteiger partial charge on any atom is 0.409 e. The average Bonchev–Trinajstić information content (AvgIpc) is 2.99. The number of urea groups is 1. The average molecular weight is 369 g/mol. The van der Waals surface area contributed by atoms with Gasteiger partial charge in [0.05, 0.1) is 11.9 Å². The molecule has 3 aromatic rings. The van der Waals surface area contributed by atoms with Crippen LogP contribution in [0, 0.1) is 0 Å². The highest BCUT2D eigenvalue weighted by molar-refractivity contribution is 6.01. The molecule has 0 unspecified atom stereocenters. The third-order valence-electron chi connectivity index (χ3n) is 3.96. The summed E-state index contributed by atoms with van der Waals surface area (Å²) in [5.41, 5.74) is 7.65. The zero-order valence-corrected chi connectivity index (χ0v) is 15.0. The van der Waals surface area contributed by atoms with E-state index >= 15 is 0 Å². The van der Waals surface area contributed by atoms with E-state index in [0.29, 0.717) is 10.9 Å². The maximum absolute atomic E-state index is 11.8. The number of hydrogen-bond acceptors (Lipinski definition) is 5. The first kappa shape index (κ1) is 18.1. The molecule has 0 aliphatic carbocycles. The van der Waals surface area contributed by atoms with Gasteiger partial charge in [-0.3, -0.25) is 14.9 Å². The van der Waals surface area contributed by atoms with Crippen molar-refractivity contribution in [1.29, 1.82) is 0 Å². The van der Waals surface area contributed by atoms with E-state index in [9.17, 15) is 9.59 Å². The number of carbonyl (C=O) groups is 2. The van der Waals surface area contributed by atoms with Crippen LogP contribution in [0.1, 0.15) is 13.8 Å². The molecule has 0 fully saturated rings. The predicted molar refractivity (Wildman–Crippen MR) is 101 cm³/mol. The first-order valence-corrected chi connectivity index (χ1v) is 8.15. The SMILES string of the molecule is CC(C)N(C(N)=O)c1cc2cc(-c3cnn(C)c3)cc(NC(=O)O)c2nn1. The Hall–Kier alpha value is -3.69. The number of nitrogens with one attached hydrogen (secondary N) is 1. The maximum atomic E-state index is 11.8. The van der Waals surface area contributed by atoms with Crippen molar-refractivity contribution in [2.45, 2.75) is 19.9 Å². The quantitative estimate of drug-likeness (QED) is 0.645. The predicted octanol–water partition coefficient (Wildman–Crippen LogP) is 2.41. The standard InChI is InChI=1S/C17H19N7O3/c1-9(2)24(16(18)25)14-6-11-4-10(12-7-19-23(3)8-12)5-13(20-17(26)27)15(11)22-21-14/h4-9,20H,1-3H3,(H2,18,25)(H,26,27). The van der Waals surface area contributed by atoms with Gasteiger partial charge in [0.15, 0.2) is 5.82 Å². The highest BCUT2D eigenvalue weighted by Crippen LogP contribution is 2.31. The fourth-order valence-electron chi connectivity index (χ4n) is 2.84. The van der Waals surface area contributed by atoms with Crippen molar-refractivity contribution in [3.63, 3.8) is 0 Å². The smallest absolute Gasteiger partial charge is 0.409 e. The number of aromatic nitrogens is 4. The molecule has 0 saturated heterocycles. The number of benzene rings is 1. The van der Waals surface area contributed by atoms with Crippen LogP contribution in [0.25, 0.3) is 22.0 Å². The second kappa shape index (κ2) is 6.90. The summed E-state index contributed by atoms with van der Waals surface area (Å²) < 4.78 is 1.65. The number of aryl methyl sites for hydroxylation is 1. The van der Waals surface area contributed by atoms with E-state index in [-0.39, 0.29) is 17.5 Å². The summed E-state index contributed by atoms with van der Waals surface area (Å²) in [6, 6.07) is 4.28. The molecule has 0 radical (unpaired) electrons. The summed E-state index contributed by atoms with van der Waals surface area (Å²) >= 11 is 0. The van der Waals surface area contributed by atoms with Crippen molar-refractivity contribution in [2.24, 2.45) is 12.8 Å². The number of fused-ring (bicyclic) bond motifs is 1. The Morgan fingerprint density at radius 3 is 2.52 bits per heavy atom. The highest BCUT2D eigenvalue weighted by atomic mass is 16.4. The number of carbonyl (C=O) groups excluding carboxylic acids is 1. The number of amides is 3. The Morgan fingerprint density at radius 1 is 1.22 bits per heavy atom. The Labute approximate surface area is 154 Å². The van der Waals surface area contributed by atoms with Gasteiger partial charge in [-0.05, 0) is 37.6 Å². The Morgan fingerprint density at radius 2 is 1.96 bits per heavy atom. The van der Waals surface area contributed by atoms with Crippen molar-refractivity contribution in [3.05, 3.63) is 30.6 Å². The van der Waals surface area contributed by atoms with Crippen LogP contribution in [0.5, 0.6) is 0 Å². The van der Waals surface area contributed by atoms with Crippen LogP contribution in [-0.2, 0) is 7.05 Å². The van der Waals surface area contributed by atoms with Crippen molar-refractivity contribution in [1.82, 2.24) is 20.0 Å². The highest BCUT2D eigenvalue weighted by Gasteiger charge is 2.20. The zero-order chi connectivity index (χ0) is 19.7. The number of primary amides is 1. The summed E-state index contributed by atoms with van der Waals surface area (Å²) in [4.78, 5) is 24.2. The molecule has 0 aliphatic rings. The number of nitrogens with two attached hydrogens (primary N) is 1. The Kier molecular flexibility index (Phi) is 4.63. The van der Waals surface area contributed by atoms with Gasteiger partial charge in [-0.1, -0.05) is 0 Å². The van der Waals surface area contributed by atoms with Crippen molar-refractivity contribution in [3.8, 4) is 11.1 Å². The molecular formula is C17H19N7O3. The third-order valence-corrected chi connectivity index (χ3v) is 3.96. The van der Waals surface area contributed by atoms with E-state index < -0.39 is 12.1 Å². The lowest BCUT2D eigenvalue weighted by molar-refractivity contribution is 0.210. The van der Waals surface area contributed by atoms with E-state index in [1.165, 1.54) is 4.90 Å². The van der Waals surface area contributed by atoms with Crippen LogP contribution >= 0.6 is 0 Å². The van der Waals surface area contributed by atoms with Gasteiger partial charge in [0.2, 0.25) is 0 Å². The summed E-state index contributed by atoms with van der Waals surface area (Å²) in [6.45, 7) is 3.61. The number of hydrogen-bond donors (Lipinski definition) is 3. The lowest BCUT2D eigenvalue weighted by Gasteiger charge is -2.23. The van der Waals surface area contributed by atoms with Crippen LogP contribution in [0.2, 0.25) is 0 Å². The number of rotatable bonds is 4. The molecule has 0 spiro atoms. The number of anilines is 2. The number of carboxylic acid groups (broad SMARTS) is 1. The first-order chi connectivity index (χ1) is 12.8. The van der Waals surface area contributed by atoms with E-state index in [0.717, 1.165) is 11.1 Å². The van der Waals surface area contributed by atoms with Gasteiger partial charge in [0.1, 0.15) is 5.52 Å².